The second-order valence-corrected chi connectivity index (χ2v) is 10.2. The summed E-state index contributed by atoms with van der Waals surface area (Å²) >= 11 is 3.47. The minimum absolute atomic E-state index is 0.0636. The molecule has 0 aliphatic rings. The van der Waals surface area contributed by atoms with E-state index >= 15 is 0 Å². The lowest BCUT2D eigenvalue weighted by Gasteiger charge is -2.24. The quantitative estimate of drug-likeness (QED) is 0.704. The van der Waals surface area contributed by atoms with Crippen LogP contribution in [0.1, 0.15) is 52.7 Å². The molecule has 1 rings (SSSR count). The van der Waals surface area contributed by atoms with E-state index in [0.29, 0.717) is 11.1 Å². The first-order valence-electron chi connectivity index (χ1n) is 6.42. The molecule has 0 aliphatic heterocycles. The van der Waals surface area contributed by atoms with Crippen LogP contribution in [0.3, 0.4) is 0 Å². The van der Waals surface area contributed by atoms with Crippen molar-refractivity contribution in [3.8, 4) is 12.1 Å². The van der Waals surface area contributed by atoms with E-state index in [-0.39, 0.29) is 9.49 Å². The topological polar surface area (TPSA) is 47.6 Å². The maximum absolute atomic E-state index is 9.18. The lowest BCUT2D eigenvalue weighted by molar-refractivity contribution is 0.794. The third-order valence-corrected chi connectivity index (χ3v) is 4.63. The predicted octanol–water partition coefficient (Wildman–Crippen LogP) is 5.21. The Labute approximate surface area is 130 Å². The van der Waals surface area contributed by atoms with Crippen molar-refractivity contribution in [2.24, 2.45) is 0 Å². The second kappa shape index (κ2) is 6.12. The zero-order valence-electron chi connectivity index (χ0n) is 12.9. The monoisotopic (exact) mass is 304 g/mol. The molecule has 4 heteroatoms. The van der Waals surface area contributed by atoms with E-state index < -0.39 is 0 Å². The van der Waals surface area contributed by atoms with Gasteiger partial charge in [0.15, 0.2) is 0 Å². The lowest BCUT2D eigenvalue weighted by Crippen LogP contribution is -2.10. The molecule has 1 aromatic rings. The van der Waals surface area contributed by atoms with Crippen molar-refractivity contribution in [1.82, 2.24) is 0 Å². The maximum Gasteiger partial charge on any atom is 0.101 e. The predicted molar refractivity (Wildman–Crippen MR) is 87.1 cm³/mol. The summed E-state index contributed by atoms with van der Waals surface area (Å²) in [7, 11) is 0. The van der Waals surface area contributed by atoms with Gasteiger partial charge in [0.2, 0.25) is 0 Å². The van der Waals surface area contributed by atoms with Gasteiger partial charge in [-0.1, -0.05) is 41.5 Å². The first-order chi connectivity index (χ1) is 9.05. The molecule has 0 saturated heterocycles. The van der Waals surface area contributed by atoms with Gasteiger partial charge in [0.05, 0.1) is 11.1 Å². The highest BCUT2D eigenvalue weighted by molar-refractivity contribution is 8.03. The average Bonchev–Trinajstić information content (AvgIpc) is 2.27. The van der Waals surface area contributed by atoms with E-state index in [4.69, 9.17) is 0 Å². The van der Waals surface area contributed by atoms with Crippen LogP contribution in [0.2, 0.25) is 0 Å². The van der Waals surface area contributed by atoms with Crippen molar-refractivity contribution in [3.05, 3.63) is 23.3 Å². The first-order valence-corrected chi connectivity index (χ1v) is 8.05. The number of rotatable bonds is 2. The van der Waals surface area contributed by atoms with E-state index in [1.807, 2.05) is 12.1 Å². The Morgan fingerprint density at radius 2 is 1.05 bits per heavy atom. The zero-order chi connectivity index (χ0) is 15.6. The highest BCUT2D eigenvalue weighted by Gasteiger charge is 2.21. The molecule has 2 nitrogen and oxygen atoms in total. The van der Waals surface area contributed by atoms with E-state index in [1.165, 1.54) is 0 Å². The van der Waals surface area contributed by atoms with Gasteiger partial charge in [0.25, 0.3) is 0 Å². The van der Waals surface area contributed by atoms with Crippen LogP contribution in [0.15, 0.2) is 21.9 Å². The van der Waals surface area contributed by atoms with Gasteiger partial charge in [-0.2, -0.15) is 10.5 Å². The Kier molecular flexibility index (Phi) is 5.19. The van der Waals surface area contributed by atoms with Gasteiger partial charge in [-0.15, -0.1) is 23.5 Å². The summed E-state index contributed by atoms with van der Waals surface area (Å²) in [5, 5.41) is 18.4. The Morgan fingerprint density at radius 3 is 1.25 bits per heavy atom. The third kappa shape index (κ3) is 5.12. The number of nitriles is 2. The van der Waals surface area contributed by atoms with Crippen LogP contribution in [-0.4, -0.2) is 9.49 Å². The van der Waals surface area contributed by atoms with Gasteiger partial charge >= 0.3 is 0 Å². The molecule has 0 heterocycles. The molecule has 0 spiro atoms. The molecule has 0 fully saturated rings. The fourth-order valence-electron chi connectivity index (χ4n) is 1.56. The number of thioether (sulfide) groups is 2. The number of hydrogen-bond donors (Lipinski definition) is 0. The Morgan fingerprint density at radius 1 is 0.750 bits per heavy atom. The normalized spacial score (nSPS) is 11.8. The van der Waals surface area contributed by atoms with Crippen LogP contribution in [0.25, 0.3) is 0 Å². The zero-order valence-corrected chi connectivity index (χ0v) is 14.5. The average molecular weight is 304 g/mol. The number of benzene rings is 1. The second-order valence-electron chi connectivity index (χ2n) is 6.50. The molecular formula is C16H20N2S2. The van der Waals surface area contributed by atoms with E-state index in [9.17, 15) is 10.5 Å². The number of hydrogen-bond acceptors (Lipinski definition) is 4. The van der Waals surface area contributed by atoms with Crippen LogP contribution in [-0.2, 0) is 0 Å². The maximum atomic E-state index is 9.18. The summed E-state index contributed by atoms with van der Waals surface area (Å²) in [5.74, 6) is 0. The summed E-state index contributed by atoms with van der Waals surface area (Å²) < 4.78 is 0.127. The molecule has 0 N–H and O–H groups in total. The minimum Gasteiger partial charge on any atom is -0.192 e. The third-order valence-electron chi connectivity index (χ3n) is 2.16. The van der Waals surface area contributed by atoms with Crippen LogP contribution in [0.5, 0.6) is 0 Å². The van der Waals surface area contributed by atoms with Crippen molar-refractivity contribution in [2.75, 3.05) is 0 Å². The largest absolute Gasteiger partial charge is 0.192 e. The molecule has 0 amide bonds. The van der Waals surface area contributed by atoms with Crippen LogP contribution in [0, 0.1) is 22.7 Å². The standard InChI is InChI=1S/C16H20N2S2/c1-15(2,3)19-13-7-11(9-17)12(10-18)8-14(13)20-16(4,5)6/h7-8H,1-6H3. The smallest absolute Gasteiger partial charge is 0.101 e. The van der Waals surface area contributed by atoms with Gasteiger partial charge in [-0.3, -0.25) is 0 Å². The van der Waals surface area contributed by atoms with Crippen molar-refractivity contribution >= 4 is 23.5 Å². The van der Waals surface area contributed by atoms with E-state index in [1.54, 1.807) is 23.5 Å². The Bertz CT molecular complexity index is 526. The number of nitrogens with zero attached hydrogens (tertiary/aromatic N) is 2. The molecule has 1 aromatic carbocycles. The Hall–Kier alpha value is -1.10. The van der Waals surface area contributed by atoms with Gasteiger partial charge in [0.1, 0.15) is 12.1 Å². The highest BCUT2D eigenvalue weighted by atomic mass is 32.2. The van der Waals surface area contributed by atoms with Crippen molar-refractivity contribution in [2.45, 2.75) is 60.8 Å². The summed E-state index contributed by atoms with van der Waals surface area (Å²) in [6, 6.07) is 7.93. The minimum atomic E-state index is 0.0636. The summed E-state index contributed by atoms with van der Waals surface area (Å²) in [6.07, 6.45) is 0. The van der Waals surface area contributed by atoms with Crippen LogP contribution < -0.4 is 0 Å². The Balaban J connectivity index is 3.38. The fraction of sp³-hybridized carbons (Fsp3) is 0.500. The van der Waals surface area contributed by atoms with E-state index in [0.717, 1.165) is 9.79 Å². The molecule has 106 valence electrons. The SMILES string of the molecule is CC(C)(C)Sc1cc(C#N)c(C#N)cc1SC(C)(C)C. The molecule has 0 radical (unpaired) electrons. The van der Waals surface area contributed by atoms with Gasteiger partial charge in [-0.25, -0.2) is 0 Å². The first kappa shape index (κ1) is 17.0. The molecule has 0 atom stereocenters. The molecule has 0 aromatic heterocycles. The fourth-order valence-corrected chi connectivity index (χ4v) is 3.81. The van der Waals surface area contributed by atoms with Crippen LogP contribution >= 0.6 is 23.5 Å². The molecule has 0 saturated carbocycles. The van der Waals surface area contributed by atoms with Gasteiger partial charge in [-0.05, 0) is 12.1 Å². The van der Waals surface area contributed by atoms with Crippen molar-refractivity contribution in [1.29, 1.82) is 10.5 Å². The van der Waals surface area contributed by atoms with Crippen molar-refractivity contribution in [3.63, 3.8) is 0 Å². The van der Waals surface area contributed by atoms with E-state index in [2.05, 4.69) is 53.7 Å². The molecule has 0 unspecified atom stereocenters. The molecular weight excluding hydrogens is 284 g/mol. The van der Waals surface area contributed by atoms with Gasteiger partial charge in [0, 0.05) is 19.3 Å². The van der Waals surface area contributed by atoms with Crippen molar-refractivity contribution < 1.29 is 0 Å². The highest BCUT2D eigenvalue weighted by Crippen LogP contribution is 2.43. The lowest BCUT2D eigenvalue weighted by atomic mass is 10.1. The summed E-state index contributed by atoms with van der Waals surface area (Å²) in [4.78, 5) is 2.15. The molecule has 20 heavy (non-hydrogen) atoms. The molecule has 0 bridgehead atoms. The summed E-state index contributed by atoms with van der Waals surface area (Å²) in [5.41, 5.74) is 0.912. The molecule has 0 aliphatic carbocycles. The van der Waals surface area contributed by atoms with Gasteiger partial charge < -0.3 is 0 Å². The van der Waals surface area contributed by atoms with Crippen LogP contribution in [0.4, 0.5) is 0 Å². The summed E-state index contributed by atoms with van der Waals surface area (Å²) in [6.45, 7) is 12.9.